The van der Waals surface area contributed by atoms with Crippen molar-refractivity contribution >= 4 is 81.3 Å². The Bertz CT molecular complexity index is 3200. The molecular formula is C52H33NOS. The summed E-state index contributed by atoms with van der Waals surface area (Å²) in [5, 5.41) is 7.34. The summed E-state index contributed by atoms with van der Waals surface area (Å²) in [6, 6.07) is 72.2. The van der Waals surface area contributed by atoms with Gasteiger partial charge in [-0.15, -0.1) is 11.3 Å². The molecule has 55 heavy (non-hydrogen) atoms. The number of rotatable bonds is 6. The molecule has 0 N–H and O–H groups in total. The highest BCUT2D eigenvalue weighted by Gasteiger charge is 2.21. The van der Waals surface area contributed by atoms with Gasteiger partial charge in [-0.1, -0.05) is 146 Å². The second-order valence-electron chi connectivity index (χ2n) is 14.1. The molecule has 0 saturated carbocycles. The number of para-hydroxylation sites is 2. The Morgan fingerprint density at radius 3 is 1.82 bits per heavy atom. The van der Waals surface area contributed by atoms with E-state index in [1.165, 1.54) is 64.3 Å². The van der Waals surface area contributed by atoms with Gasteiger partial charge < -0.3 is 9.32 Å². The van der Waals surface area contributed by atoms with Crippen LogP contribution in [-0.4, -0.2) is 0 Å². The van der Waals surface area contributed by atoms with Gasteiger partial charge in [0.1, 0.15) is 11.2 Å². The lowest BCUT2D eigenvalue weighted by molar-refractivity contribution is 0.669. The van der Waals surface area contributed by atoms with E-state index in [0.29, 0.717) is 0 Å². The summed E-state index contributed by atoms with van der Waals surface area (Å²) in [7, 11) is 0. The molecule has 0 aliphatic carbocycles. The third kappa shape index (κ3) is 5.32. The van der Waals surface area contributed by atoms with Crippen molar-refractivity contribution in [1.82, 2.24) is 0 Å². The molecule has 0 saturated heterocycles. The molecular weight excluding hydrogens is 687 g/mol. The lowest BCUT2D eigenvalue weighted by atomic mass is 9.96. The zero-order valence-corrected chi connectivity index (χ0v) is 30.6. The summed E-state index contributed by atoms with van der Waals surface area (Å²) >= 11 is 1.86. The normalized spacial score (nSPS) is 11.6. The van der Waals surface area contributed by atoms with Gasteiger partial charge in [-0.25, -0.2) is 0 Å². The van der Waals surface area contributed by atoms with E-state index in [4.69, 9.17) is 4.42 Å². The van der Waals surface area contributed by atoms with Crippen molar-refractivity contribution in [2.45, 2.75) is 0 Å². The minimum absolute atomic E-state index is 0.884. The van der Waals surface area contributed by atoms with Gasteiger partial charge in [0.2, 0.25) is 0 Å². The van der Waals surface area contributed by atoms with Gasteiger partial charge in [-0.05, 0) is 93.2 Å². The summed E-state index contributed by atoms with van der Waals surface area (Å²) in [4.78, 5) is 2.40. The summed E-state index contributed by atoms with van der Waals surface area (Å²) in [5.41, 5.74) is 12.3. The van der Waals surface area contributed by atoms with Crippen LogP contribution in [0.5, 0.6) is 0 Å². The molecule has 0 aliphatic rings. The van der Waals surface area contributed by atoms with E-state index in [1.54, 1.807) is 0 Å². The van der Waals surface area contributed by atoms with Crippen LogP contribution in [-0.2, 0) is 0 Å². The molecule has 2 aromatic heterocycles. The van der Waals surface area contributed by atoms with Crippen molar-refractivity contribution in [3.05, 3.63) is 200 Å². The number of hydrogen-bond donors (Lipinski definition) is 0. The largest absolute Gasteiger partial charge is 0.456 e. The van der Waals surface area contributed by atoms with Crippen molar-refractivity contribution in [3.63, 3.8) is 0 Å². The first-order valence-corrected chi connectivity index (χ1v) is 19.5. The third-order valence-corrected chi connectivity index (χ3v) is 12.0. The summed E-state index contributed by atoms with van der Waals surface area (Å²) < 4.78 is 8.87. The molecule has 11 aromatic rings. The predicted molar refractivity (Wildman–Crippen MR) is 235 cm³/mol. The Balaban J connectivity index is 1.05. The van der Waals surface area contributed by atoms with Gasteiger partial charge in [0.25, 0.3) is 0 Å². The Kier molecular flexibility index (Phi) is 7.39. The van der Waals surface area contributed by atoms with Crippen molar-refractivity contribution in [1.29, 1.82) is 0 Å². The van der Waals surface area contributed by atoms with Crippen LogP contribution >= 0.6 is 11.3 Å². The van der Waals surface area contributed by atoms with Crippen LogP contribution in [0.15, 0.2) is 205 Å². The Labute approximate surface area is 322 Å². The van der Waals surface area contributed by atoms with Gasteiger partial charge in [-0.2, -0.15) is 0 Å². The Morgan fingerprint density at radius 1 is 0.364 bits per heavy atom. The number of thiophene rings is 1. The zero-order chi connectivity index (χ0) is 36.3. The first kappa shape index (κ1) is 31.6. The van der Waals surface area contributed by atoms with Crippen LogP contribution in [0.25, 0.3) is 86.3 Å². The van der Waals surface area contributed by atoms with E-state index >= 15 is 0 Å². The Morgan fingerprint density at radius 2 is 0.945 bits per heavy atom. The van der Waals surface area contributed by atoms with Gasteiger partial charge >= 0.3 is 0 Å². The quantitative estimate of drug-likeness (QED) is 0.170. The molecule has 2 heterocycles. The lowest BCUT2D eigenvalue weighted by Gasteiger charge is -2.28. The minimum Gasteiger partial charge on any atom is -0.456 e. The number of nitrogens with zero attached hydrogens (tertiary/aromatic N) is 1. The molecule has 0 atom stereocenters. The minimum atomic E-state index is 0.884. The summed E-state index contributed by atoms with van der Waals surface area (Å²) in [6.07, 6.45) is 0. The molecule has 0 bridgehead atoms. The molecule has 3 heteroatoms. The van der Waals surface area contributed by atoms with Gasteiger partial charge in [0.15, 0.2) is 0 Å². The van der Waals surface area contributed by atoms with Crippen molar-refractivity contribution in [2.24, 2.45) is 0 Å². The van der Waals surface area contributed by atoms with Gasteiger partial charge in [-0.3, -0.25) is 0 Å². The number of hydrogen-bond acceptors (Lipinski definition) is 3. The van der Waals surface area contributed by atoms with Gasteiger partial charge in [0, 0.05) is 47.9 Å². The van der Waals surface area contributed by atoms with E-state index < -0.39 is 0 Å². The highest BCUT2D eigenvalue weighted by atomic mass is 32.1. The fraction of sp³-hybridized carbons (Fsp3) is 0. The summed E-state index contributed by atoms with van der Waals surface area (Å²) in [5.74, 6) is 0. The van der Waals surface area contributed by atoms with Crippen LogP contribution < -0.4 is 4.90 Å². The van der Waals surface area contributed by atoms with Crippen LogP contribution in [0, 0.1) is 0 Å². The summed E-state index contributed by atoms with van der Waals surface area (Å²) in [6.45, 7) is 0. The zero-order valence-electron chi connectivity index (χ0n) is 29.8. The van der Waals surface area contributed by atoms with E-state index in [1.807, 2.05) is 23.5 Å². The lowest BCUT2D eigenvalue weighted by Crippen LogP contribution is -2.11. The topological polar surface area (TPSA) is 16.4 Å². The van der Waals surface area contributed by atoms with Crippen LogP contribution in [0.2, 0.25) is 0 Å². The van der Waals surface area contributed by atoms with E-state index in [2.05, 4.69) is 193 Å². The molecule has 258 valence electrons. The van der Waals surface area contributed by atoms with E-state index in [9.17, 15) is 0 Å². The molecule has 0 aliphatic heterocycles. The van der Waals surface area contributed by atoms with Crippen LogP contribution in [0.1, 0.15) is 0 Å². The number of benzene rings is 9. The molecule has 0 radical (unpaired) electrons. The highest BCUT2D eigenvalue weighted by molar-refractivity contribution is 7.25. The fourth-order valence-corrected chi connectivity index (χ4v) is 9.43. The molecule has 9 aromatic carbocycles. The van der Waals surface area contributed by atoms with E-state index in [0.717, 1.165) is 39.0 Å². The van der Waals surface area contributed by atoms with Crippen molar-refractivity contribution in [2.75, 3.05) is 4.90 Å². The second kappa shape index (κ2) is 12.9. The molecule has 0 spiro atoms. The Hall–Kier alpha value is -6.94. The third-order valence-electron chi connectivity index (χ3n) is 10.9. The molecule has 11 rings (SSSR count). The van der Waals surface area contributed by atoms with Crippen LogP contribution in [0.3, 0.4) is 0 Å². The number of anilines is 3. The average Bonchev–Trinajstić information content (AvgIpc) is 3.83. The highest BCUT2D eigenvalue weighted by Crippen LogP contribution is 2.47. The molecule has 0 fully saturated rings. The van der Waals surface area contributed by atoms with Crippen molar-refractivity contribution < 1.29 is 4.42 Å². The first-order chi connectivity index (χ1) is 27.3. The number of fused-ring (bicyclic) bond motifs is 7. The van der Waals surface area contributed by atoms with Crippen molar-refractivity contribution in [3.8, 4) is 33.4 Å². The SMILES string of the molecule is c1ccc(N(c2ccc(-c3ccc(-c4cccc5ccccc45)cc3)cc2)c2ccc3oc4ccccc4c3c2)c(-c2cccc3sc4ccccc4c23)c1. The predicted octanol–water partition coefficient (Wildman–Crippen LogP) is 15.6. The van der Waals surface area contributed by atoms with E-state index in [-0.39, 0.29) is 0 Å². The maximum atomic E-state index is 6.28. The van der Waals surface area contributed by atoms with Gasteiger partial charge in [0.05, 0.1) is 5.69 Å². The monoisotopic (exact) mass is 719 g/mol. The smallest absolute Gasteiger partial charge is 0.135 e. The molecule has 0 amide bonds. The molecule has 2 nitrogen and oxygen atoms in total. The maximum Gasteiger partial charge on any atom is 0.135 e. The maximum absolute atomic E-state index is 6.28. The second-order valence-corrected chi connectivity index (χ2v) is 15.1. The molecule has 0 unspecified atom stereocenters. The first-order valence-electron chi connectivity index (χ1n) is 18.7. The van der Waals surface area contributed by atoms with Crippen LogP contribution in [0.4, 0.5) is 17.1 Å². The average molecular weight is 720 g/mol. The fourth-order valence-electron chi connectivity index (χ4n) is 8.30. The standard InChI is InChI=1S/C52H33NOS/c1-2-13-40-36(11-1)12-9-17-41(40)37-25-23-34(24-26-37)35-27-29-38(30-28-35)53(39-31-32-49-46(33-39)43-15-4-7-20-48(43)54-49)47-19-6-3-14-42(47)44-18-10-22-51-52(44)45-16-5-8-21-50(45)55-51/h1-33H. The number of furan rings is 1.